The summed E-state index contributed by atoms with van der Waals surface area (Å²) in [6.07, 6.45) is 1.12. The number of benzene rings is 2. The van der Waals surface area contributed by atoms with Crippen molar-refractivity contribution in [3.05, 3.63) is 59.4 Å². The fraction of sp³-hybridized carbons (Fsp3) is 0.375. The van der Waals surface area contributed by atoms with E-state index >= 15 is 0 Å². The average molecular weight is 521 g/mol. The molecule has 1 aliphatic rings. The first-order chi connectivity index (χ1) is 17.0. The molecule has 36 heavy (non-hydrogen) atoms. The molecule has 0 bridgehead atoms. The van der Waals surface area contributed by atoms with Crippen LogP contribution in [0.15, 0.2) is 41.3 Å². The monoisotopic (exact) mass is 520 g/mol. The molecular formula is C24H27F3N6O2S. The predicted octanol–water partition coefficient (Wildman–Crippen LogP) is 3.14. The molecule has 0 aliphatic carbocycles. The molecule has 1 fully saturated rings. The van der Waals surface area contributed by atoms with Crippen LogP contribution in [0.3, 0.4) is 0 Å². The molecule has 2 atom stereocenters. The Hall–Kier alpha value is -3.25. The fourth-order valence-electron chi connectivity index (χ4n) is 4.28. The van der Waals surface area contributed by atoms with E-state index in [1.165, 1.54) is 12.1 Å². The number of anilines is 2. The highest BCUT2D eigenvalue weighted by Crippen LogP contribution is 2.33. The van der Waals surface area contributed by atoms with E-state index in [9.17, 15) is 21.6 Å². The topological polar surface area (TPSA) is 105 Å². The van der Waals surface area contributed by atoms with Gasteiger partial charge in [-0.15, -0.1) is 0 Å². The van der Waals surface area contributed by atoms with E-state index < -0.39 is 39.2 Å². The fourth-order valence-corrected chi connectivity index (χ4v) is 4.95. The first kappa shape index (κ1) is 25.8. The summed E-state index contributed by atoms with van der Waals surface area (Å²) in [5.74, 6) is -2.97. The highest BCUT2D eigenvalue weighted by atomic mass is 32.2. The Labute approximate surface area is 207 Å². The lowest BCUT2D eigenvalue weighted by atomic mass is 9.94. The number of rotatable bonds is 7. The van der Waals surface area contributed by atoms with Crippen LogP contribution in [0.5, 0.6) is 0 Å². The van der Waals surface area contributed by atoms with Gasteiger partial charge in [0, 0.05) is 56.0 Å². The van der Waals surface area contributed by atoms with Gasteiger partial charge in [0.05, 0.1) is 4.90 Å². The van der Waals surface area contributed by atoms with Gasteiger partial charge in [-0.05, 0) is 37.6 Å². The second-order valence-electron chi connectivity index (χ2n) is 8.69. The van der Waals surface area contributed by atoms with Crippen molar-refractivity contribution >= 4 is 21.7 Å². The number of sulfone groups is 1. The van der Waals surface area contributed by atoms with Crippen LogP contribution in [-0.2, 0) is 9.84 Å². The molecule has 0 radical (unpaired) electrons. The van der Waals surface area contributed by atoms with E-state index in [4.69, 9.17) is 5.73 Å². The van der Waals surface area contributed by atoms with Crippen LogP contribution >= 0.6 is 0 Å². The van der Waals surface area contributed by atoms with E-state index in [-0.39, 0.29) is 35.3 Å². The second-order valence-corrected chi connectivity index (χ2v) is 10.7. The standard InChI is InChI=1S/C24H27F3N6O2S/c1-4-32(5-2)23-29-22(14-7-6-8-15(9-14)36(3,34)35)30-24(31-23)33-12-17(21(28)13-33)16-10-19(26)20(27)11-18(16)25/h6-11,17,21H,4-5,12-13,28H2,1-3H3/t17-,21+/m1/s1. The number of hydrogen-bond donors (Lipinski definition) is 1. The van der Waals surface area contributed by atoms with Gasteiger partial charge in [-0.1, -0.05) is 12.1 Å². The zero-order valence-corrected chi connectivity index (χ0v) is 20.9. The van der Waals surface area contributed by atoms with E-state index in [1.54, 1.807) is 17.0 Å². The molecule has 1 aliphatic heterocycles. The molecule has 8 nitrogen and oxygen atoms in total. The largest absolute Gasteiger partial charge is 0.341 e. The van der Waals surface area contributed by atoms with Crippen LogP contribution in [0.25, 0.3) is 11.4 Å². The van der Waals surface area contributed by atoms with Gasteiger partial charge < -0.3 is 15.5 Å². The molecule has 12 heteroatoms. The lowest BCUT2D eigenvalue weighted by Crippen LogP contribution is -2.30. The summed E-state index contributed by atoms with van der Waals surface area (Å²) in [5.41, 5.74) is 6.77. The zero-order valence-electron chi connectivity index (χ0n) is 20.1. The Balaban J connectivity index is 1.76. The Kier molecular flexibility index (Phi) is 7.19. The van der Waals surface area contributed by atoms with Crippen molar-refractivity contribution in [3.63, 3.8) is 0 Å². The summed E-state index contributed by atoms with van der Waals surface area (Å²) in [6, 6.07) is 7.08. The van der Waals surface area contributed by atoms with Crippen molar-refractivity contribution in [3.8, 4) is 11.4 Å². The van der Waals surface area contributed by atoms with E-state index in [2.05, 4.69) is 15.0 Å². The van der Waals surface area contributed by atoms with Crippen LogP contribution in [0, 0.1) is 17.5 Å². The van der Waals surface area contributed by atoms with E-state index in [1.807, 2.05) is 18.7 Å². The maximum atomic E-state index is 14.5. The van der Waals surface area contributed by atoms with Crippen molar-refractivity contribution in [2.75, 3.05) is 42.2 Å². The lowest BCUT2D eigenvalue weighted by Gasteiger charge is -2.22. The molecule has 1 aromatic heterocycles. The number of nitrogens with two attached hydrogens (primary N) is 1. The number of nitrogens with zero attached hydrogens (tertiary/aromatic N) is 5. The molecular weight excluding hydrogens is 493 g/mol. The van der Waals surface area contributed by atoms with Crippen LogP contribution in [0.1, 0.15) is 25.3 Å². The van der Waals surface area contributed by atoms with Crippen LogP contribution in [-0.4, -0.2) is 61.8 Å². The smallest absolute Gasteiger partial charge is 0.230 e. The molecule has 0 spiro atoms. The van der Waals surface area contributed by atoms with E-state index in [0.29, 0.717) is 30.7 Å². The maximum absolute atomic E-state index is 14.5. The molecule has 0 saturated carbocycles. The first-order valence-corrected chi connectivity index (χ1v) is 13.4. The van der Waals surface area contributed by atoms with Crippen LogP contribution in [0.2, 0.25) is 0 Å². The van der Waals surface area contributed by atoms with Crippen LogP contribution in [0.4, 0.5) is 25.1 Å². The summed E-state index contributed by atoms with van der Waals surface area (Å²) in [4.78, 5) is 17.5. The molecule has 0 amide bonds. The third kappa shape index (κ3) is 5.14. The van der Waals surface area contributed by atoms with Gasteiger partial charge in [-0.3, -0.25) is 0 Å². The normalized spacial score (nSPS) is 18.0. The summed E-state index contributed by atoms with van der Waals surface area (Å²) in [6.45, 7) is 5.55. The predicted molar refractivity (Wildman–Crippen MR) is 131 cm³/mol. The van der Waals surface area contributed by atoms with Gasteiger partial charge in [0.15, 0.2) is 27.3 Å². The Morgan fingerprint density at radius 3 is 2.36 bits per heavy atom. The third-order valence-corrected chi connectivity index (χ3v) is 7.38. The molecule has 2 aromatic carbocycles. The van der Waals surface area contributed by atoms with Gasteiger partial charge in [-0.2, -0.15) is 15.0 Å². The summed E-state index contributed by atoms with van der Waals surface area (Å²) < 4.78 is 66.0. The molecule has 3 aromatic rings. The van der Waals surface area contributed by atoms with Crippen molar-refractivity contribution in [1.82, 2.24) is 15.0 Å². The summed E-state index contributed by atoms with van der Waals surface area (Å²) >= 11 is 0. The van der Waals surface area contributed by atoms with Gasteiger partial charge in [0.2, 0.25) is 11.9 Å². The molecule has 2 heterocycles. The number of aromatic nitrogens is 3. The SMILES string of the molecule is CCN(CC)c1nc(-c2cccc(S(C)(=O)=O)c2)nc(N2C[C@H](c3cc(F)c(F)cc3F)[C@@H](N)C2)n1. The minimum absolute atomic E-state index is 0.0111. The highest BCUT2D eigenvalue weighted by molar-refractivity contribution is 7.90. The van der Waals surface area contributed by atoms with Crippen molar-refractivity contribution < 1.29 is 21.6 Å². The Bertz CT molecular complexity index is 1380. The zero-order chi connectivity index (χ0) is 26.2. The average Bonchev–Trinajstić information content (AvgIpc) is 3.23. The minimum atomic E-state index is -3.45. The Morgan fingerprint density at radius 2 is 1.69 bits per heavy atom. The quantitative estimate of drug-likeness (QED) is 0.474. The Morgan fingerprint density at radius 1 is 1.00 bits per heavy atom. The number of hydrogen-bond acceptors (Lipinski definition) is 8. The van der Waals surface area contributed by atoms with Gasteiger partial charge in [0.25, 0.3) is 0 Å². The molecule has 1 saturated heterocycles. The molecule has 4 rings (SSSR count). The maximum Gasteiger partial charge on any atom is 0.230 e. The van der Waals surface area contributed by atoms with Crippen molar-refractivity contribution in [1.29, 1.82) is 0 Å². The van der Waals surface area contributed by atoms with Gasteiger partial charge in [0.1, 0.15) is 5.82 Å². The molecule has 0 unspecified atom stereocenters. The van der Waals surface area contributed by atoms with Crippen molar-refractivity contribution in [2.24, 2.45) is 5.73 Å². The van der Waals surface area contributed by atoms with E-state index in [0.717, 1.165) is 12.3 Å². The van der Waals surface area contributed by atoms with Gasteiger partial charge >= 0.3 is 0 Å². The third-order valence-electron chi connectivity index (χ3n) is 6.27. The van der Waals surface area contributed by atoms with Crippen LogP contribution < -0.4 is 15.5 Å². The van der Waals surface area contributed by atoms with Gasteiger partial charge in [-0.25, -0.2) is 21.6 Å². The lowest BCUT2D eigenvalue weighted by molar-refractivity contribution is 0.482. The highest BCUT2D eigenvalue weighted by Gasteiger charge is 2.35. The number of halogens is 3. The summed E-state index contributed by atoms with van der Waals surface area (Å²) in [7, 11) is -3.45. The summed E-state index contributed by atoms with van der Waals surface area (Å²) in [5, 5.41) is 0. The first-order valence-electron chi connectivity index (χ1n) is 11.5. The molecule has 192 valence electrons. The second kappa shape index (κ2) is 10.0. The van der Waals surface area contributed by atoms with Crippen molar-refractivity contribution in [2.45, 2.75) is 30.7 Å². The minimum Gasteiger partial charge on any atom is -0.341 e. The molecule has 2 N–H and O–H groups in total.